The van der Waals surface area contributed by atoms with Gasteiger partial charge in [-0.05, 0) is 42.7 Å². The minimum Gasteiger partial charge on any atom is -0.545 e. The van der Waals surface area contributed by atoms with Gasteiger partial charge < -0.3 is 14.9 Å². The number of ketones is 1. The van der Waals surface area contributed by atoms with Gasteiger partial charge >= 0.3 is 0 Å². The summed E-state index contributed by atoms with van der Waals surface area (Å²) in [5, 5.41) is 10.8. The molecule has 0 spiro atoms. The molecule has 1 aromatic rings. The Bertz CT molecular complexity index is 577. The van der Waals surface area contributed by atoms with Crippen LogP contribution in [0.15, 0.2) is 29.3 Å². The van der Waals surface area contributed by atoms with Crippen molar-refractivity contribution in [2.45, 2.75) is 44.9 Å². The summed E-state index contributed by atoms with van der Waals surface area (Å²) in [6.07, 6.45) is 6.57. The van der Waals surface area contributed by atoms with E-state index in [1.165, 1.54) is 0 Å². The van der Waals surface area contributed by atoms with Crippen LogP contribution in [-0.4, -0.2) is 25.0 Å². The number of rotatable bonds is 7. The third-order valence-corrected chi connectivity index (χ3v) is 4.93. The number of carbonyl (C=O) groups is 2. The van der Waals surface area contributed by atoms with Crippen LogP contribution in [0.5, 0.6) is 0 Å². The molecule has 2 rings (SSSR count). The molecular weight excluding hydrogens is 290 g/mol. The van der Waals surface area contributed by atoms with Gasteiger partial charge in [0.05, 0.1) is 5.97 Å². The third kappa shape index (κ3) is 4.50. The molecule has 0 aliphatic heterocycles. The van der Waals surface area contributed by atoms with E-state index in [9.17, 15) is 14.7 Å². The molecule has 0 N–H and O–H groups in total. The second-order valence-electron chi connectivity index (χ2n) is 6.40. The lowest BCUT2D eigenvalue weighted by Gasteiger charge is -2.22. The van der Waals surface area contributed by atoms with Gasteiger partial charge in [-0.25, -0.2) is 0 Å². The number of aromatic carboxylic acids is 1. The molecule has 1 saturated carbocycles. The molecule has 0 radical (unpaired) electrons. The minimum absolute atomic E-state index is 0.193. The van der Waals surface area contributed by atoms with Crippen molar-refractivity contribution in [2.75, 3.05) is 7.05 Å². The Morgan fingerprint density at radius 2 is 2.09 bits per heavy atom. The Hall–Kier alpha value is -1.97. The van der Waals surface area contributed by atoms with Gasteiger partial charge in [-0.15, -0.1) is 0 Å². The van der Waals surface area contributed by atoms with Crippen LogP contribution in [0, 0.1) is 11.8 Å². The van der Waals surface area contributed by atoms with E-state index >= 15 is 0 Å². The Morgan fingerprint density at radius 3 is 2.61 bits per heavy atom. The van der Waals surface area contributed by atoms with Crippen molar-refractivity contribution in [3.05, 3.63) is 35.4 Å². The summed E-state index contributed by atoms with van der Waals surface area (Å²) in [5.41, 5.74) is 1.27. The van der Waals surface area contributed by atoms with Gasteiger partial charge in [0.1, 0.15) is 5.78 Å². The highest BCUT2D eigenvalue weighted by Gasteiger charge is 2.26. The van der Waals surface area contributed by atoms with Crippen LogP contribution >= 0.6 is 0 Å². The first-order chi connectivity index (χ1) is 11.0. The summed E-state index contributed by atoms with van der Waals surface area (Å²) in [5.74, 6) is -0.0533. The van der Waals surface area contributed by atoms with Crippen molar-refractivity contribution >= 4 is 18.0 Å². The predicted molar refractivity (Wildman–Crippen MR) is 88.7 cm³/mol. The first-order valence-corrected chi connectivity index (χ1v) is 8.29. The smallest absolute Gasteiger partial charge is 0.135 e. The van der Waals surface area contributed by atoms with E-state index in [0.717, 1.165) is 37.7 Å². The van der Waals surface area contributed by atoms with Gasteiger partial charge in [0.15, 0.2) is 0 Å². The quantitative estimate of drug-likeness (QED) is 0.726. The Kier molecular flexibility index (Phi) is 6.08. The fraction of sp³-hybridized carbons (Fsp3) is 0.526. The Labute approximate surface area is 137 Å². The highest BCUT2D eigenvalue weighted by molar-refractivity contribution is 5.85. The number of hydrogen-bond donors (Lipinski definition) is 0. The van der Waals surface area contributed by atoms with Crippen molar-refractivity contribution in [1.29, 1.82) is 0 Å². The number of benzene rings is 1. The number of carboxylic acids is 1. The number of hydrogen-bond acceptors (Lipinski definition) is 4. The molecule has 23 heavy (non-hydrogen) atoms. The lowest BCUT2D eigenvalue weighted by molar-refractivity contribution is -0.255. The van der Waals surface area contributed by atoms with Crippen molar-refractivity contribution < 1.29 is 14.7 Å². The molecule has 3 atom stereocenters. The van der Waals surface area contributed by atoms with Crippen LogP contribution in [0.1, 0.15) is 60.9 Å². The summed E-state index contributed by atoms with van der Waals surface area (Å²) in [7, 11) is 1.76. The van der Waals surface area contributed by atoms with Crippen LogP contribution in [0.3, 0.4) is 0 Å². The Morgan fingerprint density at radius 1 is 1.39 bits per heavy atom. The molecule has 0 heterocycles. The maximum atomic E-state index is 11.8. The molecule has 1 fully saturated rings. The summed E-state index contributed by atoms with van der Waals surface area (Å²) >= 11 is 0. The van der Waals surface area contributed by atoms with E-state index in [-0.39, 0.29) is 23.3 Å². The average Bonchev–Trinajstić information content (AvgIpc) is 2.96. The number of Topliss-reactive ketones (excluding diaryl/α,β-unsaturated/α-hetero) is 1. The molecule has 1 aliphatic carbocycles. The Balaban J connectivity index is 2.03. The van der Waals surface area contributed by atoms with Gasteiger partial charge in [0, 0.05) is 31.5 Å². The molecule has 124 valence electrons. The van der Waals surface area contributed by atoms with Gasteiger partial charge in [0.25, 0.3) is 0 Å². The van der Waals surface area contributed by atoms with E-state index in [1.54, 1.807) is 19.2 Å². The molecule has 1 aromatic carbocycles. The number of carbonyl (C=O) groups excluding carboxylic acids is 2. The van der Waals surface area contributed by atoms with Gasteiger partial charge in [-0.1, -0.05) is 31.2 Å². The van der Waals surface area contributed by atoms with Gasteiger partial charge in [0.2, 0.25) is 0 Å². The van der Waals surface area contributed by atoms with Crippen LogP contribution in [0.2, 0.25) is 0 Å². The average molecular weight is 314 g/mol. The lowest BCUT2D eigenvalue weighted by Crippen LogP contribution is -2.22. The summed E-state index contributed by atoms with van der Waals surface area (Å²) < 4.78 is 0. The molecule has 4 heteroatoms. The van der Waals surface area contributed by atoms with E-state index in [4.69, 9.17) is 0 Å². The SMILES string of the molecule is CN=CC(CCC1CCCC1=O)C(C)c1ccc(C(=O)[O-])cc1. The van der Waals surface area contributed by atoms with Crippen molar-refractivity contribution in [3.8, 4) is 0 Å². The van der Waals surface area contributed by atoms with Crippen LogP contribution in [-0.2, 0) is 4.79 Å². The number of nitrogens with zero attached hydrogens (tertiary/aromatic N) is 1. The number of carboxylic acid groups (broad SMARTS) is 1. The van der Waals surface area contributed by atoms with Gasteiger partial charge in [-0.3, -0.25) is 4.79 Å². The van der Waals surface area contributed by atoms with E-state index in [0.29, 0.717) is 5.78 Å². The summed E-state index contributed by atoms with van der Waals surface area (Å²) in [6.45, 7) is 2.12. The van der Waals surface area contributed by atoms with Crippen molar-refractivity contribution in [2.24, 2.45) is 16.8 Å². The van der Waals surface area contributed by atoms with E-state index in [1.807, 2.05) is 18.3 Å². The molecule has 0 amide bonds. The highest BCUT2D eigenvalue weighted by atomic mass is 16.4. The molecule has 0 saturated heterocycles. The summed E-state index contributed by atoms with van der Waals surface area (Å²) in [4.78, 5) is 26.8. The molecule has 1 aliphatic rings. The minimum atomic E-state index is -1.16. The highest BCUT2D eigenvalue weighted by Crippen LogP contribution is 2.32. The molecule has 4 nitrogen and oxygen atoms in total. The van der Waals surface area contributed by atoms with Gasteiger partial charge in [-0.2, -0.15) is 0 Å². The topological polar surface area (TPSA) is 69.6 Å². The normalized spacial score (nSPS) is 20.8. The van der Waals surface area contributed by atoms with Crippen LogP contribution in [0.25, 0.3) is 0 Å². The fourth-order valence-corrected chi connectivity index (χ4v) is 3.40. The molecule has 3 unspecified atom stereocenters. The van der Waals surface area contributed by atoms with Crippen molar-refractivity contribution in [1.82, 2.24) is 0 Å². The van der Waals surface area contributed by atoms with E-state index < -0.39 is 5.97 Å². The second-order valence-corrected chi connectivity index (χ2v) is 6.40. The largest absolute Gasteiger partial charge is 0.545 e. The standard InChI is InChI=1S/C19H25NO3/c1-13(14-6-9-16(10-7-14)19(22)23)17(12-20-2)11-8-15-4-3-5-18(15)21/h6-7,9-10,12-13,15,17H,3-5,8,11H2,1-2H3,(H,22,23)/p-1. The fourth-order valence-electron chi connectivity index (χ4n) is 3.40. The first kappa shape index (κ1) is 17.4. The van der Waals surface area contributed by atoms with Crippen LogP contribution < -0.4 is 5.11 Å². The second kappa shape index (κ2) is 8.04. The summed E-state index contributed by atoms with van der Waals surface area (Å²) in [6, 6.07) is 6.85. The zero-order chi connectivity index (χ0) is 16.8. The maximum Gasteiger partial charge on any atom is 0.135 e. The van der Waals surface area contributed by atoms with E-state index in [2.05, 4.69) is 11.9 Å². The maximum absolute atomic E-state index is 11.8. The lowest BCUT2D eigenvalue weighted by atomic mass is 9.83. The zero-order valence-corrected chi connectivity index (χ0v) is 13.8. The first-order valence-electron chi connectivity index (χ1n) is 8.29. The third-order valence-electron chi connectivity index (χ3n) is 4.93. The van der Waals surface area contributed by atoms with Crippen molar-refractivity contribution in [3.63, 3.8) is 0 Å². The molecule has 0 bridgehead atoms. The molecule has 0 aromatic heterocycles. The number of aliphatic imine (C=N–C) groups is 1. The predicted octanol–water partition coefficient (Wildman–Crippen LogP) is 2.62. The monoisotopic (exact) mass is 314 g/mol. The molecular formula is C19H24NO3-. The van der Waals surface area contributed by atoms with Crippen LogP contribution in [0.4, 0.5) is 0 Å². The zero-order valence-electron chi connectivity index (χ0n) is 13.8.